The van der Waals surface area contributed by atoms with Crippen molar-refractivity contribution in [3.8, 4) is 0 Å². The molecule has 0 unspecified atom stereocenters. The number of hydrogen-bond acceptors (Lipinski definition) is 2. The summed E-state index contributed by atoms with van der Waals surface area (Å²) in [5, 5.41) is 6.78. The number of benzene rings is 1. The molecular formula is C13H17ClN2O. The Morgan fingerprint density at radius 2 is 2.24 bits per heavy atom. The standard InChI is InChI=1S/C13H17ClN2O/c1-2-3-4-5-15-12-6-9-7-13(17)16-11(9)8-10(12)14/h6,8,15H,2-5,7H2,1H3,(H,16,17). The van der Waals surface area contributed by atoms with Crippen LogP contribution in [0.4, 0.5) is 11.4 Å². The molecule has 0 bridgehead atoms. The number of carbonyl (C=O) groups is 1. The minimum Gasteiger partial charge on any atom is -0.384 e. The van der Waals surface area contributed by atoms with E-state index >= 15 is 0 Å². The number of hydrogen-bond donors (Lipinski definition) is 2. The zero-order valence-corrected chi connectivity index (χ0v) is 10.7. The Bertz CT molecular complexity index is 432. The third kappa shape index (κ3) is 2.91. The van der Waals surface area contributed by atoms with E-state index in [4.69, 9.17) is 11.6 Å². The Kier molecular flexibility index (Phi) is 3.89. The van der Waals surface area contributed by atoms with Gasteiger partial charge in [0.1, 0.15) is 0 Å². The van der Waals surface area contributed by atoms with Gasteiger partial charge in [-0.05, 0) is 24.1 Å². The fraction of sp³-hybridized carbons (Fsp3) is 0.462. The SMILES string of the molecule is CCCCCNc1cc2c(cc1Cl)NC(=O)C2. The van der Waals surface area contributed by atoms with Gasteiger partial charge in [0.2, 0.25) is 5.91 Å². The number of anilines is 2. The van der Waals surface area contributed by atoms with E-state index in [0.29, 0.717) is 11.4 Å². The van der Waals surface area contributed by atoms with E-state index in [2.05, 4.69) is 17.6 Å². The van der Waals surface area contributed by atoms with E-state index in [0.717, 1.165) is 29.9 Å². The quantitative estimate of drug-likeness (QED) is 0.789. The highest BCUT2D eigenvalue weighted by molar-refractivity contribution is 6.33. The molecule has 0 radical (unpaired) electrons. The zero-order chi connectivity index (χ0) is 12.3. The van der Waals surface area contributed by atoms with Crippen LogP contribution in [0.5, 0.6) is 0 Å². The van der Waals surface area contributed by atoms with Gasteiger partial charge in [0.05, 0.1) is 17.1 Å². The molecule has 0 saturated heterocycles. The lowest BCUT2D eigenvalue weighted by Gasteiger charge is -2.10. The number of nitrogens with one attached hydrogen (secondary N) is 2. The topological polar surface area (TPSA) is 41.1 Å². The van der Waals surface area contributed by atoms with E-state index in [1.807, 2.05) is 12.1 Å². The van der Waals surface area contributed by atoms with Crippen molar-refractivity contribution in [1.82, 2.24) is 0 Å². The average molecular weight is 253 g/mol. The smallest absolute Gasteiger partial charge is 0.228 e. The summed E-state index contributed by atoms with van der Waals surface area (Å²) in [6.07, 6.45) is 4.02. The third-order valence-corrected chi connectivity index (χ3v) is 3.23. The molecule has 1 amide bonds. The minimum atomic E-state index is 0.0409. The Hall–Kier alpha value is -1.22. The number of carbonyl (C=O) groups excluding carboxylic acids is 1. The van der Waals surface area contributed by atoms with Gasteiger partial charge in [-0.1, -0.05) is 31.4 Å². The second-order valence-electron chi connectivity index (χ2n) is 4.35. The van der Waals surface area contributed by atoms with Gasteiger partial charge in [-0.3, -0.25) is 4.79 Å². The largest absolute Gasteiger partial charge is 0.384 e. The summed E-state index contributed by atoms with van der Waals surface area (Å²) < 4.78 is 0. The molecule has 1 aliphatic rings. The maximum absolute atomic E-state index is 11.2. The Morgan fingerprint density at radius 3 is 3.00 bits per heavy atom. The molecule has 0 aromatic heterocycles. The first-order valence-electron chi connectivity index (χ1n) is 6.07. The molecule has 2 N–H and O–H groups in total. The van der Waals surface area contributed by atoms with Crippen molar-refractivity contribution in [3.63, 3.8) is 0 Å². The summed E-state index contributed by atoms with van der Waals surface area (Å²) >= 11 is 6.15. The van der Waals surface area contributed by atoms with E-state index < -0.39 is 0 Å². The molecule has 0 saturated carbocycles. The first-order chi connectivity index (χ1) is 8.20. The van der Waals surface area contributed by atoms with Crippen LogP contribution in [-0.4, -0.2) is 12.5 Å². The summed E-state index contributed by atoms with van der Waals surface area (Å²) in [5.74, 6) is 0.0409. The zero-order valence-electron chi connectivity index (χ0n) is 9.98. The number of rotatable bonds is 5. The predicted molar refractivity (Wildman–Crippen MR) is 71.8 cm³/mol. The summed E-state index contributed by atoms with van der Waals surface area (Å²) in [5.41, 5.74) is 2.80. The molecule has 1 aromatic carbocycles. The van der Waals surface area contributed by atoms with Crippen molar-refractivity contribution in [3.05, 3.63) is 22.7 Å². The number of fused-ring (bicyclic) bond motifs is 1. The molecule has 0 atom stereocenters. The van der Waals surface area contributed by atoms with Crippen LogP contribution >= 0.6 is 11.6 Å². The lowest BCUT2D eigenvalue weighted by Crippen LogP contribution is -2.03. The highest BCUT2D eigenvalue weighted by Gasteiger charge is 2.19. The molecule has 4 heteroatoms. The minimum absolute atomic E-state index is 0.0409. The van der Waals surface area contributed by atoms with Gasteiger partial charge in [0.25, 0.3) is 0 Å². The molecule has 17 heavy (non-hydrogen) atoms. The lowest BCUT2D eigenvalue weighted by atomic mass is 10.1. The van der Waals surface area contributed by atoms with E-state index in [-0.39, 0.29) is 5.91 Å². The molecule has 1 aliphatic heterocycles. The number of amides is 1. The van der Waals surface area contributed by atoms with Crippen molar-refractivity contribution in [2.24, 2.45) is 0 Å². The second kappa shape index (κ2) is 5.41. The van der Waals surface area contributed by atoms with E-state index in [9.17, 15) is 4.79 Å². The van der Waals surface area contributed by atoms with Crippen LogP contribution < -0.4 is 10.6 Å². The Labute approximate surface area is 107 Å². The van der Waals surface area contributed by atoms with Crippen LogP contribution in [0, 0.1) is 0 Å². The fourth-order valence-corrected chi connectivity index (χ4v) is 2.21. The Morgan fingerprint density at radius 1 is 1.41 bits per heavy atom. The monoisotopic (exact) mass is 252 g/mol. The van der Waals surface area contributed by atoms with Crippen LogP contribution in [0.2, 0.25) is 5.02 Å². The molecule has 1 aromatic rings. The molecule has 92 valence electrons. The maximum Gasteiger partial charge on any atom is 0.228 e. The molecule has 0 aliphatic carbocycles. The van der Waals surface area contributed by atoms with Gasteiger partial charge in [-0.15, -0.1) is 0 Å². The van der Waals surface area contributed by atoms with Gasteiger partial charge in [0.15, 0.2) is 0 Å². The molecule has 0 fully saturated rings. The van der Waals surface area contributed by atoms with Crippen molar-refractivity contribution in [2.45, 2.75) is 32.6 Å². The van der Waals surface area contributed by atoms with Gasteiger partial charge in [0, 0.05) is 12.2 Å². The highest BCUT2D eigenvalue weighted by atomic mass is 35.5. The van der Waals surface area contributed by atoms with Gasteiger partial charge in [-0.2, -0.15) is 0 Å². The van der Waals surface area contributed by atoms with Crippen LogP contribution in [0.15, 0.2) is 12.1 Å². The molecule has 2 rings (SSSR count). The first-order valence-corrected chi connectivity index (χ1v) is 6.44. The van der Waals surface area contributed by atoms with Crippen molar-refractivity contribution >= 4 is 28.9 Å². The number of halogens is 1. The first kappa shape index (κ1) is 12.2. The molecule has 1 heterocycles. The fourth-order valence-electron chi connectivity index (χ4n) is 1.98. The van der Waals surface area contributed by atoms with Gasteiger partial charge < -0.3 is 10.6 Å². The third-order valence-electron chi connectivity index (χ3n) is 2.91. The van der Waals surface area contributed by atoms with Gasteiger partial charge >= 0.3 is 0 Å². The average Bonchev–Trinajstić information content (AvgIpc) is 2.63. The summed E-state index contributed by atoms with van der Waals surface area (Å²) in [4.78, 5) is 11.2. The summed E-state index contributed by atoms with van der Waals surface area (Å²) in [7, 11) is 0. The normalized spacial score (nSPS) is 13.4. The van der Waals surface area contributed by atoms with Crippen LogP contribution in [0.3, 0.4) is 0 Å². The molecular weight excluding hydrogens is 236 g/mol. The second-order valence-corrected chi connectivity index (χ2v) is 4.76. The Balaban J connectivity index is 2.03. The summed E-state index contributed by atoms with van der Waals surface area (Å²) in [6, 6.07) is 3.80. The van der Waals surface area contributed by atoms with E-state index in [1.165, 1.54) is 12.8 Å². The van der Waals surface area contributed by atoms with Crippen molar-refractivity contribution in [1.29, 1.82) is 0 Å². The molecule has 0 spiro atoms. The van der Waals surface area contributed by atoms with Crippen LogP contribution in [-0.2, 0) is 11.2 Å². The number of unbranched alkanes of at least 4 members (excludes halogenated alkanes) is 2. The maximum atomic E-state index is 11.2. The van der Waals surface area contributed by atoms with Crippen molar-refractivity contribution in [2.75, 3.05) is 17.2 Å². The van der Waals surface area contributed by atoms with Gasteiger partial charge in [-0.25, -0.2) is 0 Å². The van der Waals surface area contributed by atoms with E-state index in [1.54, 1.807) is 0 Å². The molecule has 3 nitrogen and oxygen atoms in total. The van der Waals surface area contributed by atoms with Crippen LogP contribution in [0.25, 0.3) is 0 Å². The van der Waals surface area contributed by atoms with Crippen molar-refractivity contribution < 1.29 is 4.79 Å². The highest BCUT2D eigenvalue weighted by Crippen LogP contribution is 2.32. The predicted octanol–water partition coefficient (Wildman–Crippen LogP) is 3.44. The lowest BCUT2D eigenvalue weighted by molar-refractivity contribution is -0.115. The van der Waals surface area contributed by atoms with Crippen LogP contribution in [0.1, 0.15) is 31.7 Å². The summed E-state index contributed by atoms with van der Waals surface area (Å²) in [6.45, 7) is 3.10.